The van der Waals surface area contributed by atoms with E-state index in [2.05, 4.69) is 216 Å². The molecule has 0 fully saturated rings. The first-order chi connectivity index (χ1) is 33.0. The highest BCUT2D eigenvalue weighted by Gasteiger charge is 2.54. The molecule has 0 N–H and O–H groups in total. The van der Waals surface area contributed by atoms with Gasteiger partial charge in [0.25, 0.3) is 0 Å². The van der Waals surface area contributed by atoms with Gasteiger partial charge >= 0.3 is 0 Å². The Morgan fingerprint density at radius 1 is 0.328 bits per heavy atom. The van der Waals surface area contributed by atoms with Crippen molar-refractivity contribution >= 4 is 48.7 Å². The van der Waals surface area contributed by atoms with Gasteiger partial charge in [-0.25, -0.2) is 8.42 Å². The van der Waals surface area contributed by atoms with E-state index in [9.17, 15) is 0 Å². The molecule has 0 atom stereocenters. The first kappa shape index (κ1) is 38.1. The molecule has 4 nitrogen and oxygen atoms in total. The summed E-state index contributed by atoms with van der Waals surface area (Å²) in [5, 5.41) is 1.88. The smallest absolute Gasteiger partial charge is 0.207 e. The Morgan fingerprint density at radius 2 is 0.866 bits per heavy atom. The number of nitrogens with zero attached hydrogens (tertiary/aromatic N) is 2. The molecule has 0 saturated carbocycles. The lowest BCUT2D eigenvalue weighted by molar-refractivity contribution is 0.578. The van der Waals surface area contributed by atoms with Crippen molar-refractivity contribution in [2.75, 3.05) is 4.90 Å². The van der Waals surface area contributed by atoms with Gasteiger partial charge in [-0.3, -0.25) is 0 Å². The van der Waals surface area contributed by atoms with Gasteiger partial charge in [0.2, 0.25) is 9.84 Å². The third-order valence-electron chi connectivity index (χ3n) is 14.9. The van der Waals surface area contributed by atoms with Gasteiger partial charge < -0.3 is 9.47 Å². The number of hydrogen-bond donors (Lipinski definition) is 0. The number of para-hydroxylation sites is 4. The van der Waals surface area contributed by atoms with E-state index in [1.165, 1.54) is 33.4 Å². The zero-order valence-electron chi connectivity index (χ0n) is 36.2. The average molecular weight is 877 g/mol. The summed E-state index contributed by atoms with van der Waals surface area (Å²) in [5.41, 5.74) is 15.2. The number of benzene rings is 10. The van der Waals surface area contributed by atoms with Gasteiger partial charge in [0.1, 0.15) is 0 Å². The summed E-state index contributed by atoms with van der Waals surface area (Å²) >= 11 is 0. The predicted octanol–water partition coefficient (Wildman–Crippen LogP) is 14.5. The molecule has 1 spiro atoms. The van der Waals surface area contributed by atoms with E-state index in [4.69, 9.17) is 0 Å². The number of sulfone groups is 1. The van der Waals surface area contributed by atoms with Gasteiger partial charge in [-0.1, -0.05) is 182 Å². The van der Waals surface area contributed by atoms with Gasteiger partial charge in [0.15, 0.2) is 0 Å². The molecule has 0 bridgehead atoms. The molecule has 67 heavy (non-hydrogen) atoms. The highest BCUT2D eigenvalue weighted by Crippen LogP contribution is 2.63. The topological polar surface area (TPSA) is 42.3 Å². The van der Waals surface area contributed by atoms with Crippen molar-refractivity contribution in [3.8, 4) is 16.8 Å². The maximum absolute atomic E-state index is 15.4. The molecule has 316 valence electrons. The molecule has 3 aliphatic rings. The van der Waals surface area contributed by atoms with Crippen LogP contribution in [0, 0.1) is 0 Å². The van der Waals surface area contributed by atoms with Crippen LogP contribution in [0.1, 0.15) is 44.5 Å². The van der Waals surface area contributed by atoms with Crippen LogP contribution in [0.2, 0.25) is 0 Å². The van der Waals surface area contributed by atoms with Gasteiger partial charge in [-0.15, -0.1) is 0 Å². The second kappa shape index (κ2) is 13.9. The van der Waals surface area contributed by atoms with E-state index < -0.39 is 20.7 Å². The lowest BCUT2D eigenvalue weighted by atomic mass is 9.62. The van der Waals surface area contributed by atoms with Crippen molar-refractivity contribution in [1.29, 1.82) is 0 Å². The fraction of sp³-hybridized carbons (Fsp3) is 0.0323. The van der Waals surface area contributed by atoms with Crippen molar-refractivity contribution in [3.63, 3.8) is 0 Å². The molecular weight excluding hydrogens is 837 g/mol. The van der Waals surface area contributed by atoms with Crippen LogP contribution in [0.3, 0.4) is 0 Å². The molecule has 14 rings (SSSR count). The Balaban J connectivity index is 1.11. The van der Waals surface area contributed by atoms with Gasteiger partial charge in [-0.05, 0) is 116 Å². The normalized spacial score (nSPS) is 15.3. The quantitative estimate of drug-likeness (QED) is 0.177. The molecule has 0 unspecified atom stereocenters. The molecule has 10 aromatic carbocycles. The Bertz CT molecular complexity index is 3860. The van der Waals surface area contributed by atoms with Gasteiger partial charge in [0.05, 0.1) is 43.0 Å². The fourth-order valence-corrected chi connectivity index (χ4v) is 14.1. The molecular formula is C62H40N2O2S. The molecule has 0 radical (unpaired) electrons. The third kappa shape index (κ3) is 4.88. The number of fused-ring (bicyclic) bond motifs is 14. The molecule has 11 aromatic rings. The first-order valence-corrected chi connectivity index (χ1v) is 24.3. The molecule has 3 heterocycles. The Kier molecular flexibility index (Phi) is 7.89. The molecule has 1 aliphatic carbocycles. The molecule has 0 saturated heterocycles. The van der Waals surface area contributed by atoms with E-state index in [-0.39, 0.29) is 0 Å². The summed E-state index contributed by atoms with van der Waals surface area (Å²) < 4.78 is 33.3. The summed E-state index contributed by atoms with van der Waals surface area (Å²) in [5.74, 6) is 0. The monoisotopic (exact) mass is 876 g/mol. The van der Waals surface area contributed by atoms with Crippen LogP contribution in [0.25, 0.3) is 38.6 Å². The highest BCUT2D eigenvalue weighted by atomic mass is 32.2. The summed E-state index contributed by atoms with van der Waals surface area (Å²) in [6, 6.07) is 85.4. The Labute approximate surface area is 389 Å². The van der Waals surface area contributed by atoms with Crippen molar-refractivity contribution in [3.05, 3.63) is 287 Å². The van der Waals surface area contributed by atoms with Crippen molar-refractivity contribution in [2.45, 2.75) is 20.6 Å². The minimum atomic E-state index is -4.00. The van der Waals surface area contributed by atoms with Crippen LogP contribution in [0.15, 0.2) is 252 Å². The SMILES string of the molecule is O=S1(=O)c2ccccc2C2(c3ccccc3N(c3ccccc3)c3ccccc32)c2cc3c(cc21)c1ccccc1n3-c1ccc2c(c1)C(c1ccccc1)(c1ccccc1)c1ccccc1-2. The Morgan fingerprint density at radius 3 is 1.55 bits per heavy atom. The zero-order chi connectivity index (χ0) is 44.5. The highest BCUT2D eigenvalue weighted by molar-refractivity contribution is 7.91. The lowest BCUT2D eigenvalue weighted by Crippen LogP contribution is -2.42. The van der Waals surface area contributed by atoms with E-state index in [1.54, 1.807) is 6.07 Å². The minimum Gasteiger partial charge on any atom is -0.310 e. The van der Waals surface area contributed by atoms with E-state index in [0.717, 1.165) is 66.8 Å². The van der Waals surface area contributed by atoms with Crippen LogP contribution < -0.4 is 4.90 Å². The average Bonchev–Trinajstić information content (AvgIpc) is 3.88. The summed E-state index contributed by atoms with van der Waals surface area (Å²) in [4.78, 5) is 2.99. The number of rotatable bonds is 4. The van der Waals surface area contributed by atoms with E-state index >= 15 is 8.42 Å². The Hall–Kier alpha value is -8.25. The lowest BCUT2D eigenvalue weighted by Gasteiger charge is -2.48. The molecule has 2 aliphatic heterocycles. The van der Waals surface area contributed by atoms with Crippen molar-refractivity contribution < 1.29 is 8.42 Å². The van der Waals surface area contributed by atoms with Gasteiger partial charge in [-0.2, -0.15) is 0 Å². The van der Waals surface area contributed by atoms with Crippen molar-refractivity contribution in [1.82, 2.24) is 4.57 Å². The third-order valence-corrected chi connectivity index (χ3v) is 16.7. The van der Waals surface area contributed by atoms with Crippen LogP contribution in [0.5, 0.6) is 0 Å². The maximum atomic E-state index is 15.4. The predicted molar refractivity (Wildman–Crippen MR) is 270 cm³/mol. The van der Waals surface area contributed by atoms with Crippen LogP contribution in [-0.4, -0.2) is 13.0 Å². The summed E-state index contributed by atoms with van der Waals surface area (Å²) in [6.07, 6.45) is 0. The molecule has 1 aromatic heterocycles. The van der Waals surface area contributed by atoms with Crippen LogP contribution in [0.4, 0.5) is 17.1 Å². The second-order valence-corrected chi connectivity index (χ2v) is 19.8. The van der Waals surface area contributed by atoms with Crippen LogP contribution >= 0.6 is 0 Å². The standard InChI is InChI=1S/C62H40N2O2S/c65-67(66)59-35-19-15-31-52(59)62(50-29-13-17-33-56(50)63(43-24-8-3-9-25-43)57-34-18-14-30-51(57)62)54-40-58-48(39-60(54)67)47-27-11-16-32-55(47)64(58)44-36-37-46-45-26-10-12-28-49(45)61(53(46)38-44,41-20-4-1-5-21-41)42-22-6-2-7-23-42/h1-40H. The first-order valence-electron chi connectivity index (χ1n) is 22.8. The second-order valence-electron chi connectivity index (χ2n) is 17.9. The minimum absolute atomic E-state index is 0.330. The molecule has 5 heteroatoms. The van der Waals surface area contributed by atoms with E-state index in [1.807, 2.05) is 30.3 Å². The summed E-state index contributed by atoms with van der Waals surface area (Å²) in [7, 11) is -4.00. The zero-order valence-corrected chi connectivity index (χ0v) is 37.0. The molecule has 0 amide bonds. The number of hydrogen-bond acceptors (Lipinski definition) is 3. The fourth-order valence-electron chi connectivity index (χ4n) is 12.3. The van der Waals surface area contributed by atoms with Crippen molar-refractivity contribution in [2.24, 2.45) is 0 Å². The number of anilines is 3. The largest absolute Gasteiger partial charge is 0.310 e. The van der Waals surface area contributed by atoms with Crippen LogP contribution in [-0.2, 0) is 20.7 Å². The van der Waals surface area contributed by atoms with Gasteiger partial charge in [0, 0.05) is 22.1 Å². The number of aromatic nitrogens is 1. The summed E-state index contributed by atoms with van der Waals surface area (Å²) in [6.45, 7) is 0. The maximum Gasteiger partial charge on any atom is 0.207 e. The van der Waals surface area contributed by atoms with E-state index in [0.29, 0.717) is 9.79 Å².